The number of carbonyl (C=O) groups excluding carboxylic acids is 1. The fourth-order valence-corrected chi connectivity index (χ4v) is 3.93. The van der Waals surface area contributed by atoms with E-state index in [2.05, 4.69) is 34.0 Å². The molecule has 2 aliphatic rings. The molecule has 0 spiro atoms. The van der Waals surface area contributed by atoms with Gasteiger partial charge in [-0.1, -0.05) is 0 Å². The van der Waals surface area contributed by atoms with Gasteiger partial charge in [0.15, 0.2) is 0 Å². The summed E-state index contributed by atoms with van der Waals surface area (Å²) < 4.78 is 4.48. The molecule has 1 atom stereocenters. The molecule has 2 aromatic rings. The number of rotatable bonds is 3. The molecule has 1 aliphatic heterocycles. The lowest BCUT2D eigenvalue weighted by atomic mass is 10.0. The van der Waals surface area contributed by atoms with Crippen LogP contribution in [0.3, 0.4) is 0 Å². The Hall–Kier alpha value is -2.04. The summed E-state index contributed by atoms with van der Waals surface area (Å²) in [6.07, 6.45) is 10.3. The molecule has 0 unspecified atom stereocenters. The molecule has 1 amide bonds. The van der Waals surface area contributed by atoms with Crippen molar-refractivity contribution in [3.63, 3.8) is 0 Å². The third-order valence-corrected chi connectivity index (χ3v) is 5.26. The highest BCUT2D eigenvalue weighted by Crippen LogP contribution is 2.38. The van der Waals surface area contributed by atoms with E-state index in [1.54, 1.807) is 0 Å². The van der Waals surface area contributed by atoms with Crippen LogP contribution in [0.25, 0.3) is 0 Å². The van der Waals surface area contributed by atoms with Gasteiger partial charge in [-0.25, -0.2) is 4.98 Å². The number of aryl methyl sites for hydroxylation is 1. The normalized spacial score (nSPS) is 21.7. The van der Waals surface area contributed by atoms with Crippen molar-refractivity contribution < 1.29 is 4.79 Å². The van der Waals surface area contributed by atoms with E-state index >= 15 is 0 Å². The van der Waals surface area contributed by atoms with Crippen LogP contribution in [-0.4, -0.2) is 38.0 Å². The van der Waals surface area contributed by atoms with Gasteiger partial charge in [0.2, 0.25) is 0 Å². The average Bonchev–Trinajstić information content (AvgIpc) is 3.13. The Morgan fingerprint density at radius 2 is 2.04 bits per heavy atom. The van der Waals surface area contributed by atoms with Gasteiger partial charge >= 0.3 is 0 Å². The maximum atomic E-state index is 13.0. The molecule has 0 N–H and O–H groups in total. The zero-order valence-corrected chi connectivity index (χ0v) is 13.9. The van der Waals surface area contributed by atoms with Crippen molar-refractivity contribution in [3.8, 4) is 0 Å². The fourth-order valence-electron chi connectivity index (χ4n) is 3.93. The molecule has 4 rings (SSSR count). The minimum atomic E-state index is 0.190. The van der Waals surface area contributed by atoms with E-state index in [4.69, 9.17) is 0 Å². The van der Waals surface area contributed by atoms with Crippen molar-refractivity contribution in [3.05, 3.63) is 41.7 Å². The molecule has 1 saturated heterocycles. The maximum absolute atomic E-state index is 13.0. The van der Waals surface area contributed by atoms with Gasteiger partial charge in [0.1, 0.15) is 0 Å². The minimum absolute atomic E-state index is 0.190. The smallest absolute Gasteiger partial charge is 0.255 e. The van der Waals surface area contributed by atoms with Gasteiger partial charge in [-0.15, -0.1) is 0 Å². The first-order valence-electron chi connectivity index (χ1n) is 8.60. The molecule has 1 saturated carbocycles. The predicted octanol–water partition coefficient (Wildman–Crippen LogP) is 3.11. The number of imidazole rings is 1. The van der Waals surface area contributed by atoms with Gasteiger partial charge in [0, 0.05) is 42.9 Å². The number of hydrogen-bond donors (Lipinski definition) is 0. The number of hydrogen-bond acceptors (Lipinski definition) is 2. The van der Waals surface area contributed by atoms with E-state index in [1.807, 2.05) is 23.6 Å². The van der Waals surface area contributed by atoms with E-state index < -0.39 is 0 Å². The number of likely N-dealkylation sites (tertiary alicyclic amines) is 1. The molecule has 23 heavy (non-hydrogen) atoms. The monoisotopic (exact) mass is 312 g/mol. The lowest BCUT2D eigenvalue weighted by Gasteiger charge is -2.33. The van der Waals surface area contributed by atoms with Crippen LogP contribution in [0.1, 0.15) is 59.5 Å². The quantitative estimate of drug-likeness (QED) is 0.874. The highest BCUT2D eigenvalue weighted by atomic mass is 16.2. The van der Waals surface area contributed by atoms with Crippen LogP contribution in [0.5, 0.6) is 0 Å². The minimum Gasteiger partial charge on any atom is -0.345 e. The number of aromatic nitrogens is 3. The number of nitrogens with zero attached hydrogens (tertiary/aromatic N) is 4. The average molecular weight is 312 g/mol. The fraction of sp³-hybridized carbons (Fsp3) is 0.556. The first-order valence-corrected chi connectivity index (χ1v) is 8.60. The van der Waals surface area contributed by atoms with Gasteiger partial charge in [-0.3, -0.25) is 4.79 Å². The first-order chi connectivity index (χ1) is 11.1. The summed E-state index contributed by atoms with van der Waals surface area (Å²) in [4.78, 5) is 19.2. The Bertz CT molecular complexity index is 712. The molecule has 0 bridgehead atoms. The lowest BCUT2D eigenvalue weighted by molar-refractivity contribution is 0.0678. The Kier molecular flexibility index (Phi) is 3.51. The largest absolute Gasteiger partial charge is 0.345 e. The summed E-state index contributed by atoms with van der Waals surface area (Å²) in [5.74, 6) is 0.190. The molecule has 2 fully saturated rings. The Balaban J connectivity index is 1.56. The molecule has 1 aliphatic carbocycles. The maximum Gasteiger partial charge on any atom is 0.255 e. The molecule has 0 aromatic carbocycles. The van der Waals surface area contributed by atoms with Gasteiger partial charge in [0.25, 0.3) is 5.91 Å². The Morgan fingerprint density at radius 1 is 1.22 bits per heavy atom. The molecule has 5 nitrogen and oxygen atoms in total. The van der Waals surface area contributed by atoms with Gasteiger partial charge in [-0.05, 0) is 45.6 Å². The summed E-state index contributed by atoms with van der Waals surface area (Å²) in [6, 6.07) is 3.05. The molecular weight excluding hydrogens is 288 g/mol. The summed E-state index contributed by atoms with van der Waals surface area (Å²) in [5.41, 5.74) is 3.25. The first kappa shape index (κ1) is 14.5. The van der Waals surface area contributed by atoms with Crippen LogP contribution in [0, 0.1) is 13.8 Å². The van der Waals surface area contributed by atoms with E-state index in [1.165, 1.54) is 18.5 Å². The van der Waals surface area contributed by atoms with Gasteiger partial charge in [-0.2, -0.15) is 0 Å². The van der Waals surface area contributed by atoms with Gasteiger partial charge in [0.05, 0.1) is 17.9 Å². The second-order valence-electron chi connectivity index (χ2n) is 6.94. The molecule has 122 valence electrons. The zero-order valence-electron chi connectivity index (χ0n) is 13.9. The Labute approximate surface area is 136 Å². The molecule has 3 heterocycles. The van der Waals surface area contributed by atoms with Crippen molar-refractivity contribution in [2.75, 3.05) is 13.1 Å². The van der Waals surface area contributed by atoms with Crippen molar-refractivity contribution in [1.29, 1.82) is 0 Å². The van der Waals surface area contributed by atoms with Crippen LogP contribution in [-0.2, 0) is 0 Å². The van der Waals surface area contributed by atoms with Crippen molar-refractivity contribution in [1.82, 2.24) is 19.0 Å². The van der Waals surface area contributed by atoms with Crippen LogP contribution < -0.4 is 0 Å². The summed E-state index contributed by atoms with van der Waals surface area (Å²) in [6.45, 7) is 5.85. The second-order valence-corrected chi connectivity index (χ2v) is 6.94. The van der Waals surface area contributed by atoms with E-state index in [0.717, 1.165) is 37.2 Å². The van der Waals surface area contributed by atoms with E-state index in [-0.39, 0.29) is 5.91 Å². The number of amides is 1. The van der Waals surface area contributed by atoms with Crippen LogP contribution >= 0.6 is 0 Å². The lowest BCUT2D eigenvalue weighted by Crippen LogP contribution is -2.40. The Morgan fingerprint density at radius 3 is 2.74 bits per heavy atom. The van der Waals surface area contributed by atoms with Gasteiger partial charge < -0.3 is 14.0 Å². The predicted molar refractivity (Wildman–Crippen MR) is 88.6 cm³/mol. The third-order valence-electron chi connectivity index (χ3n) is 5.26. The number of piperidine rings is 1. The standard InChI is InChI=1S/C18H24N4O/c1-13-10-17(14(2)22(13)15-5-6-15)18(23)20-8-3-4-16(11-20)21-9-7-19-12-21/h7,9-10,12,15-16H,3-6,8,11H2,1-2H3/t16-/m1/s1. The van der Waals surface area contributed by atoms with Crippen LogP contribution in [0.15, 0.2) is 24.8 Å². The molecule has 5 heteroatoms. The topological polar surface area (TPSA) is 43.1 Å². The molecular formula is C18H24N4O. The highest BCUT2D eigenvalue weighted by Gasteiger charge is 2.31. The van der Waals surface area contributed by atoms with Crippen LogP contribution in [0.4, 0.5) is 0 Å². The summed E-state index contributed by atoms with van der Waals surface area (Å²) >= 11 is 0. The second kappa shape index (κ2) is 5.55. The summed E-state index contributed by atoms with van der Waals surface area (Å²) in [7, 11) is 0. The van der Waals surface area contributed by atoms with Crippen LogP contribution in [0.2, 0.25) is 0 Å². The number of carbonyl (C=O) groups is 1. The van der Waals surface area contributed by atoms with Crippen molar-refractivity contribution in [2.45, 2.75) is 51.6 Å². The molecule has 2 aromatic heterocycles. The summed E-state index contributed by atoms with van der Waals surface area (Å²) in [5, 5.41) is 0. The van der Waals surface area contributed by atoms with Crippen molar-refractivity contribution in [2.24, 2.45) is 0 Å². The zero-order chi connectivity index (χ0) is 16.0. The van der Waals surface area contributed by atoms with Crippen molar-refractivity contribution >= 4 is 5.91 Å². The SMILES string of the molecule is Cc1cc(C(=O)N2CCC[C@@H](n3ccnc3)C2)c(C)n1C1CC1. The highest BCUT2D eigenvalue weighted by molar-refractivity contribution is 5.95. The molecule has 0 radical (unpaired) electrons. The van der Waals surface area contributed by atoms with E-state index in [0.29, 0.717) is 12.1 Å². The van der Waals surface area contributed by atoms with E-state index in [9.17, 15) is 4.79 Å². The third kappa shape index (κ3) is 2.58.